The first-order chi connectivity index (χ1) is 17.5. The number of halogens is 1. The standard InChI is InChI=1S/C18H29N3O.C9H10FNO.C2H2/c1-2-15-12-19-18(20-13-15)21-10-8-16(9-11-21)14-22-17-6-4-3-5-7-17;1-11(2)9(12)7-4-3-5-8(10)6-7;1-2/h12-13,16-17H,2-11,14H2,1H3;3-6H,1-2H3;1-2H. The number of hydrogen-bond acceptors (Lipinski definition) is 5. The first-order valence-corrected chi connectivity index (χ1v) is 12.9. The average Bonchev–Trinajstić information content (AvgIpc) is 2.94. The van der Waals surface area contributed by atoms with E-state index in [0.717, 1.165) is 32.1 Å². The van der Waals surface area contributed by atoms with E-state index in [9.17, 15) is 9.18 Å². The number of carbonyl (C=O) groups excluding carboxylic acids is 1. The zero-order chi connectivity index (χ0) is 26.3. The molecule has 0 spiro atoms. The van der Waals surface area contributed by atoms with E-state index in [4.69, 9.17) is 4.74 Å². The van der Waals surface area contributed by atoms with Gasteiger partial charge in [-0.2, -0.15) is 0 Å². The Bertz CT molecular complexity index is 918. The lowest BCUT2D eigenvalue weighted by atomic mass is 9.96. The number of piperidine rings is 1. The summed E-state index contributed by atoms with van der Waals surface area (Å²) >= 11 is 0. The molecule has 1 aromatic carbocycles. The minimum absolute atomic E-state index is 0.186. The SMILES string of the molecule is C#C.CCc1cnc(N2CCC(COC3CCCCC3)CC2)nc1.CN(C)C(=O)c1cccc(F)c1. The van der Waals surface area contributed by atoms with Gasteiger partial charge in [0.15, 0.2) is 0 Å². The molecule has 2 fully saturated rings. The van der Waals surface area contributed by atoms with Gasteiger partial charge in [-0.05, 0) is 61.8 Å². The first kappa shape index (κ1) is 29.3. The Balaban J connectivity index is 0.000000277. The fraction of sp³-hybridized carbons (Fsp3) is 0.552. The van der Waals surface area contributed by atoms with Crippen LogP contribution in [0.3, 0.4) is 0 Å². The molecule has 0 atom stereocenters. The lowest BCUT2D eigenvalue weighted by Gasteiger charge is -2.33. The van der Waals surface area contributed by atoms with E-state index in [-0.39, 0.29) is 11.7 Å². The van der Waals surface area contributed by atoms with Gasteiger partial charge < -0.3 is 14.5 Å². The second-order valence-corrected chi connectivity index (χ2v) is 9.48. The van der Waals surface area contributed by atoms with Crippen LogP contribution in [-0.4, -0.2) is 60.7 Å². The van der Waals surface area contributed by atoms with Gasteiger partial charge in [-0.25, -0.2) is 14.4 Å². The smallest absolute Gasteiger partial charge is 0.253 e. The Morgan fingerprint density at radius 2 is 1.72 bits per heavy atom. The van der Waals surface area contributed by atoms with Gasteiger partial charge >= 0.3 is 0 Å². The number of nitrogens with zero attached hydrogens (tertiary/aromatic N) is 4. The van der Waals surface area contributed by atoms with Crippen molar-refractivity contribution < 1.29 is 13.9 Å². The van der Waals surface area contributed by atoms with E-state index in [0.29, 0.717) is 17.6 Å². The van der Waals surface area contributed by atoms with E-state index in [1.165, 1.54) is 73.6 Å². The molecule has 0 N–H and O–H groups in total. The Morgan fingerprint density at radius 3 is 2.28 bits per heavy atom. The highest BCUT2D eigenvalue weighted by Crippen LogP contribution is 2.24. The van der Waals surface area contributed by atoms with Crippen LogP contribution in [0.25, 0.3) is 0 Å². The van der Waals surface area contributed by atoms with Gasteiger partial charge in [0.25, 0.3) is 5.91 Å². The van der Waals surface area contributed by atoms with Crippen molar-refractivity contribution in [3.63, 3.8) is 0 Å². The van der Waals surface area contributed by atoms with Crippen molar-refractivity contribution in [3.8, 4) is 12.8 Å². The minimum Gasteiger partial charge on any atom is -0.378 e. The molecule has 0 unspecified atom stereocenters. The summed E-state index contributed by atoms with van der Waals surface area (Å²) in [7, 11) is 3.26. The van der Waals surface area contributed by atoms with Crippen LogP contribution < -0.4 is 4.90 Å². The van der Waals surface area contributed by atoms with E-state index in [1.54, 1.807) is 20.2 Å². The zero-order valence-electron chi connectivity index (χ0n) is 22.0. The van der Waals surface area contributed by atoms with Crippen molar-refractivity contribution in [1.82, 2.24) is 14.9 Å². The molecule has 196 valence electrons. The normalized spacial score (nSPS) is 16.2. The van der Waals surface area contributed by atoms with Gasteiger partial charge in [-0.3, -0.25) is 4.79 Å². The van der Waals surface area contributed by atoms with Crippen molar-refractivity contribution in [2.45, 2.75) is 64.4 Å². The number of ether oxygens (including phenoxy) is 1. The Kier molecular flexibility index (Phi) is 12.9. The fourth-order valence-corrected chi connectivity index (χ4v) is 4.38. The van der Waals surface area contributed by atoms with Crippen molar-refractivity contribution in [2.24, 2.45) is 5.92 Å². The summed E-state index contributed by atoms with van der Waals surface area (Å²) in [5, 5.41) is 0. The third-order valence-corrected chi connectivity index (χ3v) is 6.59. The van der Waals surface area contributed by atoms with E-state index in [1.807, 2.05) is 12.4 Å². The molecule has 7 heteroatoms. The predicted molar refractivity (Wildman–Crippen MR) is 143 cm³/mol. The van der Waals surface area contributed by atoms with Crippen LogP contribution in [0.4, 0.5) is 10.3 Å². The van der Waals surface area contributed by atoms with Crippen LogP contribution in [0.5, 0.6) is 0 Å². The number of benzene rings is 1. The summed E-state index contributed by atoms with van der Waals surface area (Å²) in [4.78, 5) is 24.0. The third-order valence-electron chi connectivity index (χ3n) is 6.59. The summed E-state index contributed by atoms with van der Waals surface area (Å²) in [6.45, 7) is 5.21. The van der Waals surface area contributed by atoms with Crippen LogP contribution in [-0.2, 0) is 11.2 Å². The largest absolute Gasteiger partial charge is 0.378 e. The molecule has 36 heavy (non-hydrogen) atoms. The van der Waals surface area contributed by atoms with Crippen LogP contribution >= 0.6 is 0 Å². The van der Waals surface area contributed by atoms with Gasteiger partial charge in [0.1, 0.15) is 5.82 Å². The molecule has 1 saturated heterocycles. The molecule has 0 bridgehead atoms. The number of aryl methyl sites for hydroxylation is 1. The predicted octanol–water partition coefficient (Wildman–Crippen LogP) is 5.38. The molecule has 2 aromatic rings. The van der Waals surface area contributed by atoms with Gasteiger partial charge in [0.05, 0.1) is 6.10 Å². The van der Waals surface area contributed by atoms with E-state index >= 15 is 0 Å². The van der Waals surface area contributed by atoms with Crippen molar-refractivity contribution in [1.29, 1.82) is 0 Å². The van der Waals surface area contributed by atoms with E-state index in [2.05, 4.69) is 34.6 Å². The summed E-state index contributed by atoms with van der Waals surface area (Å²) < 4.78 is 18.8. The number of amides is 1. The summed E-state index contributed by atoms with van der Waals surface area (Å²) in [5.41, 5.74) is 1.58. The van der Waals surface area contributed by atoms with Gasteiger partial charge in [0.2, 0.25) is 5.95 Å². The minimum atomic E-state index is -0.386. The lowest BCUT2D eigenvalue weighted by Crippen LogP contribution is -2.36. The molecule has 1 amide bonds. The number of aromatic nitrogens is 2. The molecular formula is C29H41FN4O2. The molecular weight excluding hydrogens is 455 g/mol. The van der Waals surface area contributed by atoms with Crippen LogP contribution in [0.1, 0.15) is 67.8 Å². The number of carbonyl (C=O) groups is 1. The number of anilines is 1. The molecule has 1 saturated carbocycles. The Morgan fingerprint density at radius 1 is 1.08 bits per heavy atom. The zero-order valence-corrected chi connectivity index (χ0v) is 22.0. The highest BCUT2D eigenvalue weighted by atomic mass is 19.1. The van der Waals surface area contributed by atoms with E-state index < -0.39 is 0 Å². The van der Waals surface area contributed by atoms with Gasteiger partial charge in [0, 0.05) is 51.7 Å². The quantitative estimate of drug-likeness (QED) is 0.503. The van der Waals surface area contributed by atoms with Gasteiger partial charge in [-0.1, -0.05) is 32.3 Å². The second-order valence-electron chi connectivity index (χ2n) is 9.48. The summed E-state index contributed by atoms with van der Waals surface area (Å²) in [5.74, 6) is 1.04. The third kappa shape index (κ3) is 9.58. The highest BCUT2D eigenvalue weighted by Gasteiger charge is 2.23. The fourth-order valence-electron chi connectivity index (χ4n) is 4.38. The van der Waals surface area contributed by atoms with Crippen LogP contribution in [0.15, 0.2) is 36.7 Å². The number of terminal acetylenes is 1. The molecule has 1 aromatic heterocycles. The maximum atomic E-state index is 12.6. The maximum Gasteiger partial charge on any atom is 0.253 e. The van der Waals surface area contributed by atoms with Crippen molar-refractivity contribution in [3.05, 3.63) is 53.6 Å². The number of rotatable bonds is 6. The maximum absolute atomic E-state index is 12.6. The molecule has 6 nitrogen and oxygen atoms in total. The highest BCUT2D eigenvalue weighted by molar-refractivity contribution is 5.93. The van der Waals surface area contributed by atoms with Crippen molar-refractivity contribution in [2.75, 3.05) is 38.7 Å². The topological polar surface area (TPSA) is 58.6 Å². The molecule has 0 radical (unpaired) electrons. The molecule has 2 heterocycles. The summed E-state index contributed by atoms with van der Waals surface area (Å²) in [6, 6.07) is 5.65. The van der Waals surface area contributed by atoms with Crippen LogP contribution in [0, 0.1) is 24.6 Å². The lowest BCUT2D eigenvalue weighted by molar-refractivity contribution is 0.00355. The summed E-state index contributed by atoms with van der Waals surface area (Å²) in [6.07, 6.45) is 22.5. The Labute approximate surface area is 216 Å². The average molecular weight is 497 g/mol. The van der Waals surface area contributed by atoms with Crippen LogP contribution in [0.2, 0.25) is 0 Å². The first-order valence-electron chi connectivity index (χ1n) is 12.9. The van der Waals surface area contributed by atoms with Gasteiger partial charge in [-0.15, -0.1) is 12.8 Å². The molecule has 2 aliphatic rings. The van der Waals surface area contributed by atoms with Crippen molar-refractivity contribution >= 4 is 11.9 Å². The number of hydrogen-bond donors (Lipinski definition) is 0. The molecule has 1 aliphatic carbocycles. The Hall–Kier alpha value is -2.98. The second kappa shape index (κ2) is 15.9. The molecule has 4 rings (SSSR count). The molecule has 1 aliphatic heterocycles. The monoisotopic (exact) mass is 496 g/mol.